The minimum Gasteiger partial charge on any atom is -0.493 e. The van der Waals surface area contributed by atoms with Crippen molar-refractivity contribution < 1.29 is 19.1 Å². The number of amides is 1. The van der Waals surface area contributed by atoms with Crippen LogP contribution in [0, 0.1) is 11.3 Å². The summed E-state index contributed by atoms with van der Waals surface area (Å²) in [4.78, 5) is 26.1. The number of ether oxygens (including phenoxy) is 2. The van der Waals surface area contributed by atoms with Gasteiger partial charge in [-0.25, -0.2) is 4.79 Å². The molecule has 1 aliphatic carbocycles. The van der Waals surface area contributed by atoms with Crippen LogP contribution >= 0.6 is 0 Å². The van der Waals surface area contributed by atoms with E-state index >= 15 is 0 Å². The summed E-state index contributed by atoms with van der Waals surface area (Å²) in [6.07, 6.45) is 4.24. The highest BCUT2D eigenvalue weighted by atomic mass is 16.5. The molecule has 6 heteroatoms. The van der Waals surface area contributed by atoms with Gasteiger partial charge in [0.1, 0.15) is 16.9 Å². The van der Waals surface area contributed by atoms with Crippen LogP contribution in [-0.2, 0) is 9.53 Å². The van der Waals surface area contributed by atoms with Gasteiger partial charge < -0.3 is 14.4 Å². The van der Waals surface area contributed by atoms with E-state index in [-0.39, 0.29) is 18.1 Å². The van der Waals surface area contributed by atoms with Crippen LogP contribution in [0.25, 0.3) is 0 Å². The lowest BCUT2D eigenvalue weighted by atomic mass is 9.81. The van der Waals surface area contributed by atoms with Crippen LogP contribution in [0.4, 0.5) is 0 Å². The van der Waals surface area contributed by atoms with Gasteiger partial charge in [0.15, 0.2) is 6.61 Å². The van der Waals surface area contributed by atoms with Gasteiger partial charge >= 0.3 is 5.97 Å². The fourth-order valence-corrected chi connectivity index (χ4v) is 3.12. The maximum Gasteiger partial charge on any atom is 0.342 e. The molecule has 1 aromatic carbocycles. The maximum atomic E-state index is 12.4. The highest BCUT2D eigenvalue weighted by molar-refractivity contribution is 5.94. The smallest absolute Gasteiger partial charge is 0.342 e. The Hall–Kier alpha value is -2.55. The number of carbonyl (C=O) groups is 2. The molecule has 1 aromatic rings. The van der Waals surface area contributed by atoms with Crippen LogP contribution in [-0.4, -0.2) is 42.6 Å². The van der Waals surface area contributed by atoms with Gasteiger partial charge in [-0.15, -0.1) is 0 Å². The van der Waals surface area contributed by atoms with Crippen molar-refractivity contribution in [2.45, 2.75) is 44.6 Å². The fraction of sp³-hybridized carbons (Fsp3) is 0.526. The van der Waals surface area contributed by atoms with Crippen LogP contribution in [0.3, 0.4) is 0 Å². The van der Waals surface area contributed by atoms with Crippen LogP contribution in [0.1, 0.15) is 49.4 Å². The number of hydrogen-bond acceptors (Lipinski definition) is 5. The van der Waals surface area contributed by atoms with Gasteiger partial charge in [-0.1, -0.05) is 31.4 Å². The Balaban J connectivity index is 1.99. The summed E-state index contributed by atoms with van der Waals surface area (Å²) in [7, 11) is 1.61. The van der Waals surface area contributed by atoms with Crippen LogP contribution < -0.4 is 4.74 Å². The molecule has 0 N–H and O–H groups in total. The molecule has 0 saturated heterocycles. The second-order valence-electron chi connectivity index (χ2n) is 6.16. The van der Waals surface area contributed by atoms with Crippen molar-refractivity contribution in [3.8, 4) is 11.8 Å². The molecule has 0 radical (unpaired) electrons. The molecule has 6 nitrogen and oxygen atoms in total. The molecule has 134 valence electrons. The van der Waals surface area contributed by atoms with Crippen molar-refractivity contribution in [2.75, 3.05) is 20.3 Å². The van der Waals surface area contributed by atoms with Crippen molar-refractivity contribution in [3.63, 3.8) is 0 Å². The molecular weight excluding hydrogens is 320 g/mol. The third kappa shape index (κ3) is 4.30. The average Bonchev–Trinajstić information content (AvgIpc) is 2.66. The number of nitrogens with zero attached hydrogens (tertiary/aromatic N) is 2. The van der Waals surface area contributed by atoms with E-state index in [2.05, 4.69) is 6.07 Å². The number of nitriles is 1. The van der Waals surface area contributed by atoms with E-state index in [1.807, 2.05) is 6.92 Å². The Morgan fingerprint density at radius 3 is 2.56 bits per heavy atom. The molecule has 0 heterocycles. The first-order chi connectivity index (χ1) is 12.0. The van der Waals surface area contributed by atoms with Crippen LogP contribution in [0.2, 0.25) is 0 Å². The van der Waals surface area contributed by atoms with E-state index in [0.717, 1.165) is 19.3 Å². The number of benzene rings is 1. The molecule has 0 atom stereocenters. The van der Waals surface area contributed by atoms with Gasteiger partial charge in [-0.2, -0.15) is 5.26 Å². The molecule has 0 aliphatic heterocycles. The monoisotopic (exact) mass is 344 g/mol. The lowest BCUT2D eigenvalue weighted by Crippen LogP contribution is -2.51. The second kappa shape index (κ2) is 8.52. The molecule has 1 fully saturated rings. The van der Waals surface area contributed by atoms with Crippen molar-refractivity contribution in [1.82, 2.24) is 4.90 Å². The van der Waals surface area contributed by atoms with E-state index < -0.39 is 11.5 Å². The first-order valence-electron chi connectivity index (χ1n) is 8.61. The van der Waals surface area contributed by atoms with Gasteiger partial charge in [0.25, 0.3) is 5.91 Å². The highest BCUT2D eigenvalue weighted by Gasteiger charge is 2.39. The van der Waals surface area contributed by atoms with Gasteiger partial charge in [-0.05, 0) is 31.9 Å². The highest BCUT2D eigenvalue weighted by Crippen LogP contribution is 2.32. The van der Waals surface area contributed by atoms with E-state index in [4.69, 9.17) is 9.47 Å². The number of para-hydroxylation sites is 1. The van der Waals surface area contributed by atoms with E-state index in [0.29, 0.717) is 25.2 Å². The van der Waals surface area contributed by atoms with Gasteiger partial charge in [-0.3, -0.25) is 4.79 Å². The topological polar surface area (TPSA) is 79.6 Å². The maximum absolute atomic E-state index is 12.4. The van der Waals surface area contributed by atoms with Crippen LogP contribution in [0.15, 0.2) is 24.3 Å². The minimum absolute atomic E-state index is 0.285. The first kappa shape index (κ1) is 18.8. The molecule has 2 rings (SSSR count). The lowest BCUT2D eigenvalue weighted by Gasteiger charge is -2.38. The number of hydrogen-bond donors (Lipinski definition) is 0. The minimum atomic E-state index is -0.787. The number of esters is 1. The van der Waals surface area contributed by atoms with Crippen molar-refractivity contribution in [2.24, 2.45) is 0 Å². The Bertz CT molecular complexity index is 660. The Morgan fingerprint density at radius 2 is 1.92 bits per heavy atom. The van der Waals surface area contributed by atoms with Gasteiger partial charge in [0, 0.05) is 7.05 Å². The SMILES string of the molecule is CCOc1ccccc1C(=O)OCC(=O)N(C)C1(C#N)CCCCC1. The average molecular weight is 344 g/mol. The largest absolute Gasteiger partial charge is 0.493 e. The number of likely N-dealkylation sites (N-methyl/N-ethyl adjacent to an activating group) is 1. The molecule has 1 amide bonds. The second-order valence-corrected chi connectivity index (χ2v) is 6.16. The molecule has 0 bridgehead atoms. The lowest BCUT2D eigenvalue weighted by molar-refractivity contribution is -0.138. The Labute approximate surface area is 148 Å². The molecule has 1 aliphatic rings. The normalized spacial score (nSPS) is 15.7. The summed E-state index contributed by atoms with van der Waals surface area (Å²) < 4.78 is 10.6. The summed E-state index contributed by atoms with van der Waals surface area (Å²) >= 11 is 0. The zero-order valence-corrected chi connectivity index (χ0v) is 14.8. The molecule has 0 spiro atoms. The van der Waals surface area contributed by atoms with Gasteiger partial charge in [0.2, 0.25) is 0 Å². The Morgan fingerprint density at radius 1 is 1.24 bits per heavy atom. The van der Waals surface area contributed by atoms with Gasteiger partial charge in [0.05, 0.1) is 12.7 Å². The predicted molar refractivity (Wildman–Crippen MR) is 92.1 cm³/mol. The molecule has 1 saturated carbocycles. The third-order valence-corrected chi connectivity index (χ3v) is 4.64. The third-order valence-electron chi connectivity index (χ3n) is 4.64. The van der Waals surface area contributed by atoms with E-state index in [1.54, 1.807) is 31.3 Å². The summed E-state index contributed by atoms with van der Waals surface area (Å²) in [6, 6.07) is 9.04. The fourth-order valence-electron chi connectivity index (χ4n) is 3.12. The summed E-state index contributed by atoms with van der Waals surface area (Å²) in [5, 5.41) is 9.54. The summed E-state index contributed by atoms with van der Waals surface area (Å²) in [5.74, 6) is -0.553. The van der Waals surface area contributed by atoms with Crippen molar-refractivity contribution in [3.05, 3.63) is 29.8 Å². The standard InChI is InChI=1S/C19H24N2O4/c1-3-24-16-10-6-5-9-15(16)18(23)25-13-17(22)21(2)19(14-20)11-7-4-8-12-19/h5-6,9-10H,3-4,7-8,11-13H2,1-2H3. The Kier molecular flexibility index (Phi) is 6.40. The first-order valence-corrected chi connectivity index (χ1v) is 8.61. The van der Waals surface area contributed by atoms with Crippen molar-refractivity contribution >= 4 is 11.9 Å². The summed E-state index contributed by atoms with van der Waals surface area (Å²) in [6.45, 7) is 1.86. The zero-order valence-electron chi connectivity index (χ0n) is 14.8. The number of carbonyl (C=O) groups excluding carboxylic acids is 2. The predicted octanol–water partition coefficient (Wildman–Crippen LogP) is 2.93. The van der Waals surface area contributed by atoms with E-state index in [1.165, 1.54) is 4.90 Å². The van der Waals surface area contributed by atoms with Crippen molar-refractivity contribution in [1.29, 1.82) is 5.26 Å². The van der Waals surface area contributed by atoms with Crippen LogP contribution in [0.5, 0.6) is 5.75 Å². The van der Waals surface area contributed by atoms with E-state index in [9.17, 15) is 14.9 Å². The zero-order chi connectivity index (χ0) is 18.3. The molecule has 25 heavy (non-hydrogen) atoms. The number of rotatable bonds is 6. The molecule has 0 unspecified atom stereocenters. The molecular formula is C19H24N2O4. The quantitative estimate of drug-likeness (QED) is 0.741. The molecule has 0 aromatic heterocycles. The summed E-state index contributed by atoms with van der Waals surface area (Å²) in [5.41, 5.74) is -0.502.